The highest BCUT2D eigenvalue weighted by Gasteiger charge is 2.31. The van der Waals surface area contributed by atoms with Crippen LogP contribution in [-0.4, -0.2) is 18.4 Å². The number of rotatable bonds is 5. The molecule has 0 spiro atoms. The van der Waals surface area contributed by atoms with Crippen molar-refractivity contribution in [1.82, 2.24) is 5.32 Å². The van der Waals surface area contributed by atoms with Crippen molar-refractivity contribution in [3.05, 3.63) is 88.7 Å². The molecule has 3 aromatic rings. The lowest BCUT2D eigenvalue weighted by molar-refractivity contribution is -0.137. The van der Waals surface area contributed by atoms with Gasteiger partial charge >= 0.3 is 6.18 Å². The highest BCUT2D eigenvalue weighted by atomic mass is 32.2. The molecule has 0 atom stereocenters. The monoisotopic (exact) mass is 458 g/mol. The number of carbonyl (C=O) groups excluding carboxylic acids is 2. The molecule has 1 aliphatic rings. The molecule has 1 aromatic heterocycles. The zero-order chi connectivity index (χ0) is 22.7. The summed E-state index contributed by atoms with van der Waals surface area (Å²) >= 11 is 1.21. The number of fused-ring (bicyclic) bond motifs is 1. The molecule has 5 nitrogen and oxygen atoms in total. The summed E-state index contributed by atoms with van der Waals surface area (Å²) in [5.74, 6) is -0.186. The zero-order valence-electron chi connectivity index (χ0n) is 16.6. The van der Waals surface area contributed by atoms with Gasteiger partial charge in [0.25, 0.3) is 5.91 Å². The van der Waals surface area contributed by atoms with E-state index in [4.69, 9.17) is 4.42 Å². The van der Waals surface area contributed by atoms with Crippen LogP contribution in [0, 0.1) is 0 Å². The first-order valence-corrected chi connectivity index (χ1v) is 10.4. The Labute approximate surface area is 185 Å². The Balaban J connectivity index is 1.56. The second-order valence-electron chi connectivity index (χ2n) is 6.95. The van der Waals surface area contributed by atoms with Gasteiger partial charge in [0.2, 0.25) is 5.91 Å². The Bertz CT molecular complexity index is 1160. The van der Waals surface area contributed by atoms with Gasteiger partial charge in [-0.25, -0.2) is 0 Å². The van der Waals surface area contributed by atoms with Crippen LogP contribution >= 0.6 is 11.8 Å². The van der Waals surface area contributed by atoms with Crippen molar-refractivity contribution in [2.75, 3.05) is 11.4 Å². The number of nitrogens with one attached hydrogen (secondary N) is 1. The van der Waals surface area contributed by atoms with Crippen LogP contribution in [0.15, 0.2) is 81.1 Å². The van der Waals surface area contributed by atoms with Gasteiger partial charge < -0.3 is 9.73 Å². The molecule has 4 rings (SSSR count). The van der Waals surface area contributed by atoms with Gasteiger partial charge in [-0.1, -0.05) is 36.0 Å². The topological polar surface area (TPSA) is 62.6 Å². The molecular weight excluding hydrogens is 441 g/mol. The molecule has 0 bridgehead atoms. The number of furan rings is 1. The molecule has 32 heavy (non-hydrogen) atoms. The third kappa shape index (κ3) is 4.88. The van der Waals surface area contributed by atoms with Crippen molar-refractivity contribution < 1.29 is 27.2 Å². The predicted octanol–water partition coefficient (Wildman–Crippen LogP) is 5.09. The summed E-state index contributed by atoms with van der Waals surface area (Å²) in [4.78, 5) is 28.1. The van der Waals surface area contributed by atoms with Crippen LogP contribution in [0.2, 0.25) is 0 Å². The molecule has 0 fully saturated rings. The standard InChI is InChI=1S/C23H17F3N2O3S/c24-23(25,26)16-9-7-15(8-10-16)12-20-22(30)28(18-5-1-2-6-19(18)32-20)14-21(29)27-13-17-4-3-11-31-17/h1-12H,13-14H2,(H,27,29)/b20-12-. The molecule has 1 N–H and O–H groups in total. The van der Waals surface area contributed by atoms with E-state index in [0.29, 0.717) is 21.9 Å². The predicted molar refractivity (Wildman–Crippen MR) is 115 cm³/mol. The number of alkyl halides is 3. The van der Waals surface area contributed by atoms with Crippen LogP contribution in [0.1, 0.15) is 16.9 Å². The minimum absolute atomic E-state index is 0.193. The first-order valence-electron chi connectivity index (χ1n) is 9.58. The normalized spacial score (nSPS) is 15.0. The van der Waals surface area contributed by atoms with Crippen LogP contribution in [0.5, 0.6) is 0 Å². The summed E-state index contributed by atoms with van der Waals surface area (Å²) in [5, 5.41) is 2.71. The van der Waals surface area contributed by atoms with E-state index in [1.807, 2.05) is 12.1 Å². The van der Waals surface area contributed by atoms with Crippen molar-refractivity contribution in [2.45, 2.75) is 17.6 Å². The van der Waals surface area contributed by atoms with E-state index in [9.17, 15) is 22.8 Å². The van der Waals surface area contributed by atoms with Gasteiger partial charge in [0.15, 0.2) is 0 Å². The van der Waals surface area contributed by atoms with Crippen molar-refractivity contribution in [2.24, 2.45) is 0 Å². The van der Waals surface area contributed by atoms with Gasteiger partial charge in [-0.2, -0.15) is 13.2 Å². The highest BCUT2D eigenvalue weighted by Crippen LogP contribution is 2.42. The summed E-state index contributed by atoms with van der Waals surface area (Å²) in [6, 6.07) is 15.1. The second kappa shape index (κ2) is 8.96. The number of hydrogen-bond acceptors (Lipinski definition) is 4. The molecule has 0 saturated carbocycles. The van der Waals surface area contributed by atoms with E-state index in [1.54, 1.807) is 24.3 Å². The molecule has 2 heterocycles. The van der Waals surface area contributed by atoms with Gasteiger partial charge in [-0.15, -0.1) is 0 Å². The molecule has 0 radical (unpaired) electrons. The van der Waals surface area contributed by atoms with E-state index in [1.165, 1.54) is 41.1 Å². The number of para-hydroxylation sites is 1. The van der Waals surface area contributed by atoms with Crippen molar-refractivity contribution in [3.63, 3.8) is 0 Å². The maximum absolute atomic E-state index is 13.1. The number of nitrogens with zero attached hydrogens (tertiary/aromatic N) is 1. The molecular formula is C23H17F3N2O3S. The van der Waals surface area contributed by atoms with Gasteiger partial charge in [0.1, 0.15) is 12.3 Å². The van der Waals surface area contributed by atoms with Crippen LogP contribution in [0.3, 0.4) is 0 Å². The average molecular weight is 458 g/mol. The van der Waals surface area contributed by atoms with Crippen LogP contribution < -0.4 is 10.2 Å². The maximum Gasteiger partial charge on any atom is 0.416 e. The summed E-state index contributed by atoms with van der Waals surface area (Å²) in [6.07, 6.45) is -1.40. The lowest BCUT2D eigenvalue weighted by Crippen LogP contribution is -2.42. The molecule has 2 amide bonds. The SMILES string of the molecule is O=C(CN1C(=O)/C(=C/c2ccc(C(F)(F)F)cc2)Sc2ccccc21)NCc1ccco1. The number of halogens is 3. The van der Waals surface area contributed by atoms with Crippen LogP contribution in [0.4, 0.5) is 18.9 Å². The molecule has 0 aliphatic carbocycles. The van der Waals surface area contributed by atoms with Gasteiger partial charge in [-0.3, -0.25) is 14.5 Å². The zero-order valence-corrected chi connectivity index (χ0v) is 17.4. The Morgan fingerprint density at radius 1 is 1.06 bits per heavy atom. The highest BCUT2D eigenvalue weighted by molar-refractivity contribution is 8.04. The molecule has 164 valence electrons. The van der Waals surface area contributed by atoms with Gasteiger partial charge in [-0.05, 0) is 48.0 Å². The number of carbonyl (C=O) groups is 2. The maximum atomic E-state index is 13.1. The number of anilines is 1. The Morgan fingerprint density at radius 3 is 2.50 bits per heavy atom. The fourth-order valence-electron chi connectivity index (χ4n) is 3.14. The number of benzene rings is 2. The Morgan fingerprint density at radius 2 is 1.81 bits per heavy atom. The quantitative estimate of drug-likeness (QED) is 0.541. The van der Waals surface area contributed by atoms with Gasteiger partial charge in [0, 0.05) is 4.90 Å². The van der Waals surface area contributed by atoms with E-state index in [2.05, 4.69) is 5.32 Å². The number of amides is 2. The van der Waals surface area contributed by atoms with E-state index >= 15 is 0 Å². The van der Waals surface area contributed by atoms with E-state index in [0.717, 1.165) is 17.0 Å². The van der Waals surface area contributed by atoms with Crippen molar-refractivity contribution >= 4 is 35.3 Å². The molecule has 1 aliphatic heterocycles. The van der Waals surface area contributed by atoms with E-state index in [-0.39, 0.29) is 19.0 Å². The largest absolute Gasteiger partial charge is 0.467 e. The summed E-state index contributed by atoms with van der Waals surface area (Å²) in [7, 11) is 0. The van der Waals surface area contributed by atoms with Crippen molar-refractivity contribution in [1.29, 1.82) is 0 Å². The van der Waals surface area contributed by atoms with Gasteiger partial charge in [0.05, 0.1) is 29.0 Å². The molecule has 0 saturated heterocycles. The smallest absolute Gasteiger partial charge is 0.416 e. The molecule has 9 heteroatoms. The summed E-state index contributed by atoms with van der Waals surface area (Å²) in [5.41, 5.74) is 0.290. The Hall–Kier alpha value is -3.46. The lowest BCUT2D eigenvalue weighted by atomic mass is 10.1. The van der Waals surface area contributed by atoms with Crippen LogP contribution in [0.25, 0.3) is 6.08 Å². The average Bonchev–Trinajstić information content (AvgIpc) is 3.29. The minimum Gasteiger partial charge on any atom is -0.467 e. The number of hydrogen-bond donors (Lipinski definition) is 1. The second-order valence-corrected chi connectivity index (χ2v) is 8.03. The fraction of sp³-hybridized carbons (Fsp3) is 0.130. The third-order valence-electron chi connectivity index (χ3n) is 4.71. The number of thioether (sulfide) groups is 1. The van der Waals surface area contributed by atoms with E-state index < -0.39 is 17.6 Å². The molecule has 0 unspecified atom stereocenters. The first-order chi connectivity index (χ1) is 15.3. The van der Waals surface area contributed by atoms with Crippen LogP contribution in [-0.2, 0) is 22.3 Å². The molecule has 2 aromatic carbocycles. The first kappa shape index (κ1) is 21.8. The Kier molecular flexibility index (Phi) is 6.09. The minimum atomic E-state index is -4.43. The lowest BCUT2D eigenvalue weighted by Gasteiger charge is -2.29. The summed E-state index contributed by atoms with van der Waals surface area (Å²) < 4.78 is 43.6. The third-order valence-corrected chi connectivity index (χ3v) is 5.79. The summed E-state index contributed by atoms with van der Waals surface area (Å²) in [6.45, 7) is -0.0139. The fourth-order valence-corrected chi connectivity index (χ4v) is 4.20. The van der Waals surface area contributed by atoms with Crippen molar-refractivity contribution in [3.8, 4) is 0 Å².